The van der Waals surface area contributed by atoms with Crippen molar-refractivity contribution in [1.29, 1.82) is 0 Å². The van der Waals surface area contributed by atoms with Crippen molar-refractivity contribution in [2.24, 2.45) is 0 Å². The zero-order chi connectivity index (χ0) is 18.0. The van der Waals surface area contributed by atoms with E-state index in [4.69, 9.17) is 0 Å². The second-order valence-corrected chi connectivity index (χ2v) is 5.45. The maximum Gasteiger partial charge on any atom is 0.0160 e. The minimum atomic E-state index is 0. The second-order valence-electron chi connectivity index (χ2n) is 5.45. The van der Waals surface area contributed by atoms with Crippen LogP contribution in [0.5, 0.6) is 0 Å². The summed E-state index contributed by atoms with van der Waals surface area (Å²) in [5.74, 6) is 0. The molecule has 3 heteroatoms. The van der Waals surface area contributed by atoms with Crippen molar-refractivity contribution >= 4 is 6.08 Å². The van der Waals surface area contributed by atoms with Crippen LogP contribution in [0.4, 0.5) is 0 Å². The smallest absolute Gasteiger partial charge is 0.0160 e. The average Bonchev–Trinajstić information content (AvgIpc) is 2.76. The van der Waals surface area contributed by atoms with Gasteiger partial charge >= 0.3 is 0 Å². The van der Waals surface area contributed by atoms with Gasteiger partial charge in [-0.2, -0.15) is 0 Å². The second kappa shape index (κ2) is 11.0. The largest absolute Gasteiger partial charge is 0.305 e. The predicted molar refractivity (Wildman–Crippen MR) is 107 cm³/mol. The van der Waals surface area contributed by atoms with Crippen molar-refractivity contribution < 1.29 is 20.1 Å². The molecule has 0 N–H and O–H groups in total. The molecule has 0 aliphatic carbocycles. The van der Waals surface area contributed by atoms with Gasteiger partial charge in [0.05, 0.1) is 0 Å². The number of rotatable bonds is 3. The van der Waals surface area contributed by atoms with Crippen LogP contribution < -0.4 is 0 Å². The number of hydrogen-bond donors (Lipinski definition) is 0. The topological polar surface area (TPSA) is 25.8 Å². The molecule has 0 unspecified atom stereocenters. The monoisotopic (exact) mass is 527 g/mol. The molecule has 0 bridgehead atoms. The Morgan fingerprint density at radius 3 is 1.89 bits per heavy atom. The van der Waals surface area contributed by atoms with E-state index >= 15 is 0 Å². The van der Waals surface area contributed by atoms with Crippen LogP contribution in [0.25, 0.3) is 28.6 Å². The normalized spacial score (nSPS) is 9.33. The van der Waals surface area contributed by atoms with Crippen LogP contribution in [0.1, 0.15) is 5.56 Å². The molecule has 2 nitrogen and oxygen atoms in total. The molecule has 0 aliphatic heterocycles. The first-order valence-electron chi connectivity index (χ1n) is 8.30. The summed E-state index contributed by atoms with van der Waals surface area (Å²) in [4.78, 5) is 8.48. The fourth-order valence-electron chi connectivity index (χ4n) is 2.36. The van der Waals surface area contributed by atoms with Crippen LogP contribution in [0.3, 0.4) is 0 Å². The molecular formula is C24H18IrN2-2. The Kier molecular flexibility index (Phi) is 8.31. The van der Waals surface area contributed by atoms with Gasteiger partial charge in [0.2, 0.25) is 0 Å². The van der Waals surface area contributed by atoms with Crippen molar-refractivity contribution in [3.8, 4) is 22.5 Å². The third-order valence-electron chi connectivity index (χ3n) is 3.65. The molecule has 0 amide bonds. The number of benzene rings is 2. The SMILES string of the molecule is C=Cc1cc[c-]c(-c2ccccn2)c1.[Ir].[c-]1ccccc1-c1ccccn1. The first-order valence-corrected chi connectivity index (χ1v) is 8.30. The van der Waals surface area contributed by atoms with E-state index in [9.17, 15) is 0 Å². The van der Waals surface area contributed by atoms with Crippen molar-refractivity contribution in [2.45, 2.75) is 0 Å². The van der Waals surface area contributed by atoms with E-state index in [2.05, 4.69) is 28.7 Å². The molecule has 4 rings (SSSR count). The Morgan fingerprint density at radius 2 is 1.33 bits per heavy atom. The van der Waals surface area contributed by atoms with Crippen molar-refractivity contribution in [2.75, 3.05) is 0 Å². The summed E-state index contributed by atoms with van der Waals surface area (Å²) in [6.45, 7) is 3.73. The van der Waals surface area contributed by atoms with E-state index in [-0.39, 0.29) is 20.1 Å². The van der Waals surface area contributed by atoms with Crippen LogP contribution in [0, 0.1) is 12.1 Å². The van der Waals surface area contributed by atoms with Crippen LogP contribution >= 0.6 is 0 Å². The maximum absolute atomic E-state index is 4.26. The van der Waals surface area contributed by atoms with E-state index in [1.54, 1.807) is 12.4 Å². The summed E-state index contributed by atoms with van der Waals surface area (Å²) in [6, 6.07) is 31.7. The van der Waals surface area contributed by atoms with Gasteiger partial charge in [-0.1, -0.05) is 30.3 Å². The molecule has 2 aromatic carbocycles. The molecule has 0 aliphatic rings. The first kappa shape index (κ1) is 20.4. The van der Waals surface area contributed by atoms with Crippen LogP contribution in [-0.2, 0) is 20.1 Å². The Hall–Kier alpha value is -2.87. The van der Waals surface area contributed by atoms with E-state index in [0.717, 1.165) is 28.1 Å². The Morgan fingerprint density at radius 1 is 0.704 bits per heavy atom. The third-order valence-corrected chi connectivity index (χ3v) is 3.65. The zero-order valence-electron chi connectivity index (χ0n) is 14.7. The standard InChI is InChI=1S/C13H10N.C11H8N.Ir/c1-2-11-6-5-7-12(10-11)13-8-3-4-9-14-13;1-2-6-10(7-3-1)11-8-4-5-9-12-11;/h2-6,8-10H,1H2;1-6,8-9H;/q2*-1;. The minimum absolute atomic E-state index is 0. The minimum Gasteiger partial charge on any atom is -0.305 e. The summed E-state index contributed by atoms with van der Waals surface area (Å²) < 4.78 is 0. The molecule has 0 atom stereocenters. The van der Waals surface area contributed by atoms with Crippen LogP contribution in [0.2, 0.25) is 0 Å². The van der Waals surface area contributed by atoms with E-state index in [1.165, 1.54) is 0 Å². The van der Waals surface area contributed by atoms with Crippen molar-refractivity contribution in [1.82, 2.24) is 9.97 Å². The number of hydrogen-bond acceptors (Lipinski definition) is 2. The van der Waals surface area contributed by atoms with Gasteiger partial charge in [0.15, 0.2) is 0 Å². The summed E-state index contributed by atoms with van der Waals surface area (Å²) in [5, 5.41) is 0. The van der Waals surface area contributed by atoms with Gasteiger partial charge in [-0.3, -0.25) is 0 Å². The average molecular weight is 527 g/mol. The summed E-state index contributed by atoms with van der Waals surface area (Å²) in [5.41, 5.74) is 5.04. The zero-order valence-corrected chi connectivity index (χ0v) is 17.1. The quantitative estimate of drug-likeness (QED) is 0.318. The maximum atomic E-state index is 4.26. The van der Waals surface area contributed by atoms with Crippen LogP contribution in [0.15, 0.2) is 97.8 Å². The van der Waals surface area contributed by atoms with Gasteiger partial charge < -0.3 is 9.97 Å². The van der Waals surface area contributed by atoms with Crippen LogP contribution in [-0.4, -0.2) is 9.97 Å². The van der Waals surface area contributed by atoms with Crippen molar-refractivity contribution in [3.05, 3.63) is 116 Å². The molecule has 4 aromatic rings. The van der Waals surface area contributed by atoms with E-state index < -0.39 is 0 Å². The fraction of sp³-hybridized carbons (Fsp3) is 0. The Labute approximate surface area is 174 Å². The third kappa shape index (κ3) is 6.10. The van der Waals surface area contributed by atoms with Gasteiger partial charge in [0, 0.05) is 32.5 Å². The summed E-state index contributed by atoms with van der Waals surface area (Å²) in [6.07, 6.45) is 5.39. The predicted octanol–water partition coefficient (Wildman–Crippen LogP) is 5.74. The number of nitrogens with zero attached hydrogens (tertiary/aromatic N) is 2. The summed E-state index contributed by atoms with van der Waals surface area (Å²) in [7, 11) is 0. The Balaban J connectivity index is 0.000000189. The molecule has 0 saturated heterocycles. The molecule has 27 heavy (non-hydrogen) atoms. The fourth-order valence-corrected chi connectivity index (χ4v) is 2.36. The summed E-state index contributed by atoms with van der Waals surface area (Å²) >= 11 is 0. The van der Waals surface area contributed by atoms with E-state index in [0.29, 0.717) is 0 Å². The van der Waals surface area contributed by atoms with Gasteiger partial charge in [-0.25, -0.2) is 0 Å². The first-order chi connectivity index (χ1) is 12.9. The van der Waals surface area contributed by atoms with Gasteiger partial charge in [0.25, 0.3) is 0 Å². The van der Waals surface area contributed by atoms with Gasteiger partial charge in [-0.05, 0) is 23.5 Å². The van der Waals surface area contributed by atoms with Gasteiger partial charge in [0.1, 0.15) is 0 Å². The molecule has 1 radical (unpaired) electrons. The molecule has 2 heterocycles. The van der Waals surface area contributed by atoms with Gasteiger partial charge in [-0.15, -0.1) is 77.9 Å². The molecule has 0 saturated carbocycles. The molecule has 0 fully saturated rings. The van der Waals surface area contributed by atoms with Crippen molar-refractivity contribution in [3.63, 3.8) is 0 Å². The number of aromatic nitrogens is 2. The van der Waals surface area contributed by atoms with E-state index in [1.807, 2.05) is 84.9 Å². The molecule has 0 spiro atoms. The molecule has 135 valence electrons. The molecular weight excluding hydrogens is 508 g/mol. The Bertz CT molecular complexity index is 902. The molecule has 2 aromatic heterocycles. The number of pyridine rings is 2.